The number of hydrogen-bond acceptors (Lipinski definition) is 6. The number of methoxy groups -OCH3 is 2. The Hall–Kier alpha value is -0.710. The number of nitriles is 1. The fraction of sp³-hybridized carbons (Fsp3) is 0.909. The van der Waals surface area contributed by atoms with Crippen molar-refractivity contribution in [3.05, 3.63) is 0 Å². The van der Waals surface area contributed by atoms with Gasteiger partial charge >= 0.3 is 0 Å². The van der Waals surface area contributed by atoms with Gasteiger partial charge in [0.25, 0.3) is 5.79 Å². The van der Waals surface area contributed by atoms with Crippen molar-refractivity contribution in [1.82, 2.24) is 0 Å². The highest BCUT2D eigenvalue weighted by molar-refractivity contribution is 4.90. The number of nitrogens with zero attached hydrogens (tertiary/aromatic N) is 1. The molecule has 1 saturated heterocycles. The second-order valence-electron chi connectivity index (χ2n) is 3.97. The van der Waals surface area contributed by atoms with E-state index in [0.29, 0.717) is 6.42 Å². The highest BCUT2D eigenvalue weighted by Crippen LogP contribution is 2.26. The van der Waals surface area contributed by atoms with E-state index in [0.717, 1.165) is 19.3 Å². The fourth-order valence-corrected chi connectivity index (χ4v) is 1.54. The van der Waals surface area contributed by atoms with Crippen molar-refractivity contribution >= 4 is 0 Å². The summed E-state index contributed by atoms with van der Waals surface area (Å²) >= 11 is 0. The van der Waals surface area contributed by atoms with E-state index in [2.05, 4.69) is 0 Å². The Labute approximate surface area is 101 Å². The molecular weight excluding hydrogens is 226 g/mol. The lowest BCUT2D eigenvalue weighted by Gasteiger charge is -2.13. The van der Waals surface area contributed by atoms with Gasteiger partial charge in [-0.05, 0) is 19.3 Å². The minimum atomic E-state index is -1.27. The van der Waals surface area contributed by atoms with Gasteiger partial charge in [-0.2, -0.15) is 10.1 Å². The minimum Gasteiger partial charge on any atom is -0.356 e. The standard InChI is InChI=1S/C11H19NO5/c1-11(8-12)15-10(16-17-11)7-5-4-6-9(13-2)14-3/h9-10H,4-7H2,1-3H3. The summed E-state index contributed by atoms with van der Waals surface area (Å²) < 4.78 is 15.4. The van der Waals surface area contributed by atoms with Crippen molar-refractivity contribution < 1.29 is 24.0 Å². The van der Waals surface area contributed by atoms with Crippen molar-refractivity contribution in [3.63, 3.8) is 0 Å². The molecule has 1 fully saturated rings. The van der Waals surface area contributed by atoms with Crippen LogP contribution in [0.4, 0.5) is 0 Å². The van der Waals surface area contributed by atoms with E-state index >= 15 is 0 Å². The van der Waals surface area contributed by atoms with Crippen LogP contribution in [0.25, 0.3) is 0 Å². The van der Waals surface area contributed by atoms with E-state index in [1.165, 1.54) is 6.92 Å². The average Bonchev–Trinajstić information content (AvgIpc) is 2.72. The van der Waals surface area contributed by atoms with Gasteiger partial charge in [-0.1, -0.05) is 0 Å². The Kier molecular flexibility index (Phi) is 5.82. The largest absolute Gasteiger partial charge is 0.356 e. The van der Waals surface area contributed by atoms with E-state index in [-0.39, 0.29) is 6.29 Å². The van der Waals surface area contributed by atoms with Crippen LogP contribution in [0.1, 0.15) is 32.6 Å². The molecule has 17 heavy (non-hydrogen) atoms. The van der Waals surface area contributed by atoms with Gasteiger partial charge < -0.3 is 14.2 Å². The van der Waals surface area contributed by atoms with Crippen LogP contribution in [0.5, 0.6) is 0 Å². The predicted molar refractivity (Wildman–Crippen MR) is 57.3 cm³/mol. The maximum absolute atomic E-state index is 8.74. The number of ether oxygens (including phenoxy) is 3. The summed E-state index contributed by atoms with van der Waals surface area (Å²) in [6, 6.07) is 1.89. The van der Waals surface area contributed by atoms with E-state index in [1.807, 2.05) is 6.07 Å². The van der Waals surface area contributed by atoms with Crippen LogP contribution in [-0.2, 0) is 24.0 Å². The molecule has 0 N–H and O–H groups in total. The molecule has 2 atom stereocenters. The third kappa shape index (κ3) is 4.58. The third-order valence-electron chi connectivity index (χ3n) is 2.53. The molecule has 6 nitrogen and oxygen atoms in total. The van der Waals surface area contributed by atoms with Crippen molar-refractivity contribution in [2.75, 3.05) is 14.2 Å². The van der Waals surface area contributed by atoms with Crippen LogP contribution in [0.15, 0.2) is 0 Å². The Morgan fingerprint density at radius 2 is 2.06 bits per heavy atom. The number of unbranched alkanes of at least 4 members (excludes halogenated alkanes) is 1. The predicted octanol–water partition coefficient (Wildman–Crippen LogP) is 1.71. The monoisotopic (exact) mass is 245 g/mol. The quantitative estimate of drug-likeness (QED) is 0.386. The third-order valence-corrected chi connectivity index (χ3v) is 2.53. The molecule has 0 spiro atoms. The van der Waals surface area contributed by atoms with Crippen molar-refractivity contribution in [2.45, 2.75) is 51.0 Å². The zero-order chi connectivity index (χ0) is 12.7. The van der Waals surface area contributed by atoms with Gasteiger partial charge in [-0.25, -0.2) is 4.89 Å². The topological polar surface area (TPSA) is 69.9 Å². The molecule has 1 aliphatic rings. The van der Waals surface area contributed by atoms with E-state index in [4.69, 9.17) is 29.2 Å². The highest BCUT2D eigenvalue weighted by Gasteiger charge is 2.39. The molecule has 0 aromatic carbocycles. The van der Waals surface area contributed by atoms with Gasteiger partial charge in [-0.3, -0.25) is 0 Å². The summed E-state index contributed by atoms with van der Waals surface area (Å²) in [6.07, 6.45) is 2.68. The van der Waals surface area contributed by atoms with Gasteiger partial charge in [0, 0.05) is 27.6 Å². The van der Waals surface area contributed by atoms with E-state index < -0.39 is 12.1 Å². The molecule has 6 heteroatoms. The fourth-order valence-electron chi connectivity index (χ4n) is 1.54. The second-order valence-corrected chi connectivity index (χ2v) is 3.97. The molecule has 1 heterocycles. The van der Waals surface area contributed by atoms with Crippen LogP contribution < -0.4 is 0 Å². The maximum Gasteiger partial charge on any atom is 0.288 e. The van der Waals surface area contributed by atoms with E-state index in [1.54, 1.807) is 14.2 Å². The molecule has 2 unspecified atom stereocenters. The minimum absolute atomic E-state index is 0.166. The van der Waals surface area contributed by atoms with Crippen LogP contribution in [0.3, 0.4) is 0 Å². The molecular formula is C11H19NO5. The summed E-state index contributed by atoms with van der Waals surface area (Å²) in [4.78, 5) is 9.70. The SMILES string of the molecule is COC(CCCCC1OOC(C)(C#N)O1)OC. The van der Waals surface area contributed by atoms with Crippen LogP contribution in [0, 0.1) is 11.3 Å². The molecule has 0 amide bonds. The summed E-state index contributed by atoms with van der Waals surface area (Å²) in [5, 5.41) is 8.74. The van der Waals surface area contributed by atoms with Gasteiger partial charge in [0.15, 0.2) is 12.6 Å². The first-order chi connectivity index (χ1) is 8.13. The molecule has 98 valence electrons. The summed E-state index contributed by atoms with van der Waals surface area (Å²) in [6.45, 7) is 1.53. The number of hydrogen-bond donors (Lipinski definition) is 0. The molecule has 0 radical (unpaired) electrons. The van der Waals surface area contributed by atoms with Gasteiger partial charge in [0.1, 0.15) is 6.07 Å². The maximum atomic E-state index is 8.74. The molecule has 1 rings (SSSR count). The molecule has 0 bridgehead atoms. The summed E-state index contributed by atoms with van der Waals surface area (Å²) in [5.74, 6) is -1.27. The normalized spacial score (nSPS) is 28.5. The van der Waals surface area contributed by atoms with Gasteiger partial charge in [0.2, 0.25) is 0 Å². The second kappa shape index (κ2) is 6.89. The van der Waals surface area contributed by atoms with Crippen LogP contribution in [-0.4, -0.2) is 32.6 Å². The first-order valence-electron chi connectivity index (χ1n) is 5.62. The molecule has 0 saturated carbocycles. The molecule has 0 aromatic heterocycles. The lowest BCUT2D eigenvalue weighted by molar-refractivity contribution is -0.311. The van der Waals surface area contributed by atoms with Gasteiger partial charge in [0.05, 0.1) is 0 Å². The molecule has 1 aliphatic heterocycles. The van der Waals surface area contributed by atoms with Gasteiger partial charge in [-0.15, -0.1) is 0 Å². The molecule has 0 aromatic rings. The lowest BCUT2D eigenvalue weighted by atomic mass is 10.2. The van der Waals surface area contributed by atoms with Crippen LogP contribution >= 0.6 is 0 Å². The smallest absolute Gasteiger partial charge is 0.288 e. The molecule has 0 aliphatic carbocycles. The highest BCUT2D eigenvalue weighted by atomic mass is 17.3. The first-order valence-corrected chi connectivity index (χ1v) is 5.62. The Balaban J connectivity index is 2.11. The lowest BCUT2D eigenvalue weighted by Crippen LogP contribution is -2.23. The summed E-state index contributed by atoms with van der Waals surface area (Å²) in [7, 11) is 3.23. The Bertz CT molecular complexity index is 263. The average molecular weight is 245 g/mol. The Morgan fingerprint density at radius 1 is 1.35 bits per heavy atom. The van der Waals surface area contributed by atoms with Crippen molar-refractivity contribution in [3.8, 4) is 6.07 Å². The summed E-state index contributed by atoms with van der Waals surface area (Å²) in [5.41, 5.74) is 0. The first kappa shape index (κ1) is 14.4. The zero-order valence-corrected chi connectivity index (χ0v) is 10.5. The Morgan fingerprint density at radius 3 is 2.59 bits per heavy atom. The van der Waals surface area contributed by atoms with Crippen molar-refractivity contribution in [1.29, 1.82) is 5.26 Å². The van der Waals surface area contributed by atoms with Crippen molar-refractivity contribution in [2.24, 2.45) is 0 Å². The van der Waals surface area contributed by atoms with E-state index in [9.17, 15) is 0 Å². The zero-order valence-electron chi connectivity index (χ0n) is 10.5. The number of rotatable bonds is 7. The van der Waals surface area contributed by atoms with Crippen LogP contribution in [0.2, 0.25) is 0 Å².